The Morgan fingerprint density at radius 3 is 2.33 bits per heavy atom. The predicted octanol–water partition coefficient (Wildman–Crippen LogP) is 2.44. The molecule has 11 heteroatoms. The Morgan fingerprint density at radius 1 is 1.15 bits per heavy atom. The van der Waals surface area contributed by atoms with Gasteiger partial charge in [0.1, 0.15) is 16.2 Å². The van der Waals surface area contributed by atoms with Crippen LogP contribution < -0.4 is 16.0 Å². The summed E-state index contributed by atoms with van der Waals surface area (Å²) in [5.41, 5.74) is -0.951. The minimum atomic E-state index is -4.17. The van der Waals surface area contributed by atoms with E-state index >= 15 is 0 Å². The van der Waals surface area contributed by atoms with Crippen molar-refractivity contribution in [2.75, 3.05) is 5.32 Å². The maximum absolute atomic E-state index is 12.5. The summed E-state index contributed by atoms with van der Waals surface area (Å²) in [5.74, 6) is -1.43. The second-order valence-electron chi connectivity index (χ2n) is 5.49. The Labute approximate surface area is 162 Å². The summed E-state index contributed by atoms with van der Waals surface area (Å²) in [7, 11) is -4.17. The first-order chi connectivity index (χ1) is 12.6. The molecular formula is C16H11Cl2N3O5S. The number of aromatic amines is 1. The molecule has 0 saturated carbocycles. The van der Waals surface area contributed by atoms with Crippen LogP contribution in [0.2, 0.25) is 10.0 Å². The van der Waals surface area contributed by atoms with E-state index in [1.54, 1.807) is 18.2 Å². The number of amides is 1. The van der Waals surface area contributed by atoms with E-state index in [0.717, 1.165) is 12.1 Å². The number of sulfonamides is 1. The topological polar surface area (TPSA) is 142 Å². The Balaban J connectivity index is 2.04. The molecule has 8 nitrogen and oxygen atoms in total. The van der Waals surface area contributed by atoms with Gasteiger partial charge in [-0.1, -0.05) is 35.3 Å². The van der Waals surface area contributed by atoms with Gasteiger partial charge in [0.25, 0.3) is 11.5 Å². The second-order valence-corrected chi connectivity index (χ2v) is 7.80. The molecule has 0 fully saturated rings. The molecule has 0 atom stereocenters. The average Bonchev–Trinajstić information content (AvgIpc) is 2.52. The van der Waals surface area contributed by atoms with Crippen LogP contribution in [0.4, 0.5) is 5.69 Å². The van der Waals surface area contributed by atoms with Crippen molar-refractivity contribution in [1.82, 2.24) is 4.98 Å². The van der Waals surface area contributed by atoms with Crippen LogP contribution in [0.15, 0.2) is 46.1 Å². The number of benzene rings is 2. The summed E-state index contributed by atoms with van der Waals surface area (Å²) < 4.78 is 23.0. The Kier molecular flexibility index (Phi) is 4.87. The molecule has 0 saturated heterocycles. The fourth-order valence-corrected chi connectivity index (χ4v) is 4.33. The average molecular weight is 428 g/mol. The summed E-state index contributed by atoms with van der Waals surface area (Å²) in [6.45, 7) is 0. The fourth-order valence-electron chi connectivity index (χ4n) is 2.53. The minimum absolute atomic E-state index is 0.00867. The van der Waals surface area contributed by atoms with E-state index in [0.29, 0.717) is 5.52 Å². The number of nitrogens with two attached hydrogens (primary N) is 1. The van der Waals surface area contributed by atoms with Crippen LogP contribution in [0.25, 0.3) is 10.9 Å². The van der Waals surface area contributed by atoms with Crippen LogP contribution in [0, 0.1) is 0 Å². The van der Waals surface area contributed by atoms with Crippen LogP contribution in [0.3, 0.4) is 0 Å². The van der Waals surface area contributed by atoms with Gasteiger partial charge in [-0.25, -0.2) is 13.6 Å². The first kappa shape index (κ1) is 19.2. The van der Waals surface area contributed by atoms with Crippen molar-refractivity contribution in [3.63, 3.8) is 0 Å². The number of carbonyl (C=O) groups excluding carboxylic acids is 1. The molecular weight excluding hydrogens is 417 g/mol. The zero-order valence-electron chi connectivity index (χ0n) is 13.3. The van der Waals surface area contributed by atoms with Crippen LogP contribution in [-0.4, -0.2) is 24.4 Å². The lowest BCUT2D eigenvalue weighted by molar-refractivity contribution is 0.102. The van der Waals surface area contributed by atoms with E-state index < -0.39 is 37.7 Å². The monoisotopic (exact) mass is 427 g/mol. The smallest absolute Gasteiger partial charge is 0.265 e. The number of nitrogens with one attached hydrogen (secondary N) is 2. The quantitative estimate of drug-likeness (QED) is 0.507. The number of hydrogen-bond acceptors (Lipinski definition) is 5. The molecule has 140 valence electrons. The van der Waals surface area contributed by atoms with E-state index in [1.807, 2.05) is 0 Å². The number of aromatic hydroxyl groups is 1. The Bertz CT molecular complexity index is 1230. The number of carbonyl (C=O) groups is 1. The highest BCUT2D eigenvalue weighted by Crippen LogP contribution is 2.32. The van der Waals surface area contributed by atoms with Crippen LogP contribution in [0.5, 0.6) is 5.75 Å². The summed E-state index contributed by atoms with van der Waals surface area (Å²) in [4.78, 5) is 26.7. The van der Waals surface area contributed by atoms with Gasteiger partial charge >= 0.3 is 0 Å². The Hall–Kier alpha value is -2.59. The number of hydrogen-bond donors (Lipinski definition) is 4. The summed E-state index contributed by atoms with van der Waals surface area (Å²) in [6, 6.07) is 8.62. The summed E-state index contributed by atoms with van der Waals surface area (Å²) in [5, 5.41) is 17.3. The standard InChI is InChI=1S/C16H11Cl2N3O5S/c17-9-5-7(6-10(18)14(9)27(19,25)26)20-15(23)12-13(22)8-3-1-2-4-11(8)21-16(12)24/h1-6H,(H,20,23)(H2,19,25,26)(H2,21,22,24). The lowest BCUT2D eigenvalue weighted by Gasteiger charge is -2.11. The maximum atomic E-state index is 12.5. The van der Waals surface area contributed by atoms with Crippen molar-refractivity contribution in [2.24, 2.45) is 5.14 Å². The molecule has 2 aromatic carbocycles. The van der Waals surface area contributed by atoms with Gasteiger partial charge in [0.2, 0.25) is 10.0 Å². The molecule has 0 spiro atoms. The number of aromatic nitrogens is 1. The highest BCUT2D eigenvalue weighted by atomic mass is 35.5. The third kappa shape index (κ3) is 3.62. The molecule has 0 bridgehead atoms. The zero-order chi connectivity index (χ0) is 19.9. The highest BCUT2D eigenvalue weighted by Gasteiger charge is 2.22. The number of H-pyrrole nitrogens is 1. The number of para-hydroxylation sites is 1. The van der Waals surface area contributed by atoms with Crippen molar-refractivity contribution in [2.45, 2.75) is 4.90 Å². The molecule has 5 N–H and O–H groups in total. The van der Waals surface area contributed by atoms with Crippen LogP contribution >= 0.6 is 23.2 Å². The van der Waals surface area contributed by atoms with E-state index in [1.165, 1.54) is 6.07 Å². The molecule has 0 aliphatic carbocycles. The van der Waals surface area contributed by atoms with Crippen molar-refractivity contribution >= 4 is 55.7 Å². The number of fused-ring (bicyclic) bond motifs is 1. The molecule has 1 amide bonds. The third-order valence-electron chi connectivity index (χ3n) is 3.66. The van der Waals surface area contributed by atoms with Crippen molar-refractivity contribution < 1.29 is 18.3 Å². The SMILES string of the molecule is NS(=O)(=O)c1c(Cl)cc(NC(=O)c2c(O)c3ccccc3[nH]c2=O)cc1Cl. The molecule has 0 aliphatic rings. The number of pyridine rings is 1. The Morgan fingerprint density at radius 2 is 1.74 bits per heavy atom. The predicted molar refractivity (Wildman–Crippen MR) is 102 cm³/mol. The normalized spacial score (nSPS) is 11.5. The fraction of sp³-hybridized carbons (Fsp3) is 0. The second kappa shape index (κ2) is 6.86. The molecule has 1 aromatic heterocycles. The van der Waals surface area contributed by atoms with E-state index in [4.69, 9.17) is 28.3 Å². The van der Waals surface area contributed by atoms with Crippen LogP contribution in [-0.2, 0) is 10.0 Å². The molecule has 1 heterocycles. The van der Waals surface area contributed by atoms with Crippen molar-refractivity contribution in [1.29, 1.82) is 0 Å². The van der Waals surface area contributed by atoms with Crippen molar-refractivity contribution in [3.8, 4) is 5.75 Å². The lowest BCUT2D eigenvalue weighted by atomic mass is 10.1. The van der Waals surface area contributed by atoms with Crippen LogP contribution in [0.1, 0.15) is 10.4 Å². The summed E-state index contributed by atoms with van der Waals surface area (Å²) in [6.07, 6.45) is 0. The summed E-state index contributed by atoms with van der Waals surface area (Å²) >= 11 is 11.8. The van der Waals surface area contributed by atoms with Gasteiger partial charge in [-0.2, -0.15) is 0 Å². The maximum Gasteiger partial charge on any atom is 0.265 e. The number of rotatable bonds is 3. The molecule has 0 unspecified atom stereocenters. The van der Waals surface area contributed by atoms with Gasteiger partial charge in [0.15, 0.2) is 0 Å². The molecule has 3 aromatic rings. The van der Waals surface area contributed by atoms with Gasteiger partial charge < -0.3 is 15.4 Å². The van der Waals surface area contributed by atoms with Gasteiger partial charge in [0.05, 0.1) is 15.6 Å². The first-order valence-electron chi connectivity index (χ1n) is 7.27. The van der Waals surface area contributed by atoms with Gasteiger partial charge in [0, 0.05) is 11.1 Å². The first-order valence-corrected chi connectivity index (χ1v) is 9.57. The number of anilines is 1. The molecule has 0 radical (unpaired) electrons. The number of primary sulfonamides is 1. The highest BCUT2D eigenvalue weighted by molar-refractivity contribution is 7.89. The van der Waals surface area contributed by atoms with Gasteiger partial charge in [-0.3, -0.25) is 9.59 Å². The molecule has 0 aliphatic heterocycles. The minimum Gasteiger partial charge on any atom is -0.506 e. The molecule has 3 rings (SSSR count). The third-order valence-corrected chi connectivity index (χ3v) is 5.49. The zero-order valence-corrected chi connectivity index (χ0v) is 15.6. The van der Waals surface area contributed by atoms with E-state index in [9.17, 15) is 23.1 Å². The van der Waals surface area contributed by atoms with Gasteiger partial charge in [-0.05, 0) is 24.3 Å². The largest absolute Gasteiger partial charge is 0.506 e. The van der Waals surface area contributed by atoms with Gasteiger partial charge in [-0.15, -0.1) is 0 Å². The lowest BCUT2D eigenvalue weighted by Crippen LogP contribution is -2.23. The molecule has 27 heavy (non-hydrogen) atoms. The van der Waals surface area contributed by atoms with E-state index in [2.05, 4.69) is 10.3 Å². The van der Waals surface area contributed by atoms with E-state index in [-0.39, 0.29) is 21.1 Å². The van der Waals surface area contributed by atoms with Crippen molar-refractivity contribution in [3.05, 3.63) is 62.4 Å². The number of halogens is 2.